The van der Waals surface area contributed by atoms with Gasteiger partial charge in [0.15, 0.2) is 11.5 Å². The van der Waals surface area contributed by atoms with Gasteiger partial charge in [0.2, 0.25) is 11.7 Å². The van der Waals surface area contributed by atoms with Crippen molar-refractivity contribution in [3.05, 3.63) is 23.8 Å². The fourth-order valence-corrected chi connectivity index (χ4v) is 1.75. The maximum absolute atomic E-state index is 11.8. The number of aliphatic hydroxyl groups excluding tert-OH is 1. The minimum atomic E-state index is -0.196. The molecule has 0 bridgehead atoms. The van der Waals surface area contributed by atoms with Crippen molar-refractivity contribution in [2.45, 2.75) is 0 Å². The summed E-state index contributed by atoms with van der Waals surface area (Å²) in [6.45, 7) is 0.221. The molecule has 21 heavy (non-hydrogen) atoms. The average molecular weight is 295 g/mol. The molecule has 0 radical (unpaired) electrons. The third kappa shape index (κ3) is 4.39. The summed E-state index contributed by atoms with van der Waals surface area (Å²) in [5, 5.41) is 8.80. The highest BCUT2D eigenvalue weighted by molar-refractivity contribution is 5.91. The average Bonchev–Trinajstić information content (AvgIpc) is 2.51. The molecule has 1 N–H and O–H groups in total. The van der Waals surface area contributed by atoms with Gasteiger partial charge in [0.1, 0.15) is 0 Å². The number of carbonyl (C=O) groups is 1. The molecule has 0 aliphatic heterocycles. The maximum Gasteiger partial charge on any atom is 0.246 e. The van der Waals surface area contributed by atoms with Crippen LogP contribution in [-0.2, 0) is 4.79 Å². The van der Waals surface area contributed by atoms with Crippen LogP contribution >= 0.6 is 0 Å². The van der Waals surface area contributed by atoms with Crippen molar-refractivity contribution in [1.29, 1.82) is 0 Å². The standard InChI is InChI=1S/C15H21NO5/c1-16(7-8-17)14(18)6-5-11-9-12(19-2)15(21-4)13(10-11)20-3/h5-6,9-10,17H,7-8H2,1-4H3/b6-5+. The molecule has 0 aliphatic rings. The second kappa shape index (κ2) is 8.16. The zero-order valence-electron chi connectivity index (χ0n) is 12.8. The van der Waals surface area contributed by atoms with Crippen molar-refractivity contribution in [2.75, 3.05) is 41.5 Å². The van der Waals surface area contributed by atoms with Crippen LogP contribution in [0.15, 0.2) is 18.2 Å². The van der Waals surface area contributed by atoms with Crippen LogP contribution in [0, 0.1) is 0 Å². The molecule has 116 valence electrons. The molecule has 0 heterocycles. The van der Waals surface area contributed by atoms with Crippen LogP contribution in [0.1, 0.15) is 5.56 Å². The second-order valence-electron chi connectivity index (χ2n) is 4.28. The molecule has 0 aliphatic carbocycles. The Labute approximate surface area is 124 Å². The number of aliphatic hydroxyl groups is 1. The molecule has 0 atom stereocenters. The van der Waals surface area contributed by atoms with Gasteiger partial charge in [-0.25, -0.2) is 0 Å². The number of amides is 1. The van der Waals surface area contributed by atoms with E-state index in [9.17, 15) is 4.79 Å². The van der Waals surface area contributed by atoms with Crippen molar-refractivity contribution in [1.82, 2.24) is 4.90 Å². The molecule has 0 fully saturated rings. The molecule has 0 saturated carbocycles. The van der Waals surface area contributed by atoms with Gasteiger partial charge in [-0.15, -0.1) is 0 Å². The molecule has 1 amide bonds. The van der Waals surface area contributed by atoms with E-state index in [0.29, 0.717) is 23.8 Å². The Balaban J connectivity index is 3.01. The lowest BCUT2D eigenvalue weighted by Gasteiger charge is -2.14. The van der Waals surface area contributed by atoms with Gasteiger partial charge < -0.3 is 24.2 Å². The number of hydrogen-bond donors (Lipinski definition) is 1. The third-order valence-electron chi connectivity index (χ3n) is 2.92. The summed E-state index contributed by atoms with van der Waals surface area (Å²) in [7, 11) is 6.22. The number of carbonyl (C=O) groups excluding carboxylic acids is 1. The minimum Gasteiger partial charge on any atom is -0.493 e. The topological polar surface area (TPSA) is 68.2 Å². The van der Waals surface area contributed by atoms with E-state index in [2.05, 4.69) is 0 Å². The first-order valence-electron chi connectivity index (χ1n) is 6.41. The largest absolute Gasteiger partial charge is 0.493 e. The SMILES string of the molecule is COc1cc(/C=C/C(=O)N(C)CCO)cc(OC)c1OC. The predicted octanol–water partition coefficient (Wildman–Crippen LogP) is 1.18. The third-order valence-corrected chi connectivity index (χ3v) is 2.92. The molecule has 1 aromatic carbocycles. The Morgan fingerprint density at radius 1 is 1.19 bits per heavy atom. The summed E-state index contributed by atoms with van der Waals surface area (Å²) in [5.74, 6) is 1.35. The molecule has 0 spiro atoms. The Morgan fingerprint density at radius 2 is 1.76 bits per heavy atom. The van der Waals surface area contributed by atoms with Crippen molar-refractivity contribution in [2.24, 2.45) is 0 Å². The smallest absolute Gasteiger partial charge is 0.246 e. The van der Waals surface area contributed by atoms with Gasteiger partial charge in [0.25, 0.3) is 0 Å². The van der Waals surface area contributed by atoms with E-state index in [1.165, 1.54) is 32.3 Å². The summed E-state index contributed by atoms with van der Waals surface area (Å²) in [5.41, 5.74) is 0.746. The Morgan fingerprint density at radius 3 is 2.19 bits per heavy atom. The van der Waals surface area contributed by atoms with E-state index in [-0.39, 0.29) is 12.5 Å². The molecule has 1 rings (SSSR count). The van der Waals surface area contributed by atoms with Crippen molar-refractivity contribution < 1.29 is 24.1 Å². The van der Waals surface area contributed by atoms with Crippen LogP contribution in [0.2, 0.25) is 0 Å². The predicted molar refractivity (Wildman–Crippen MR) is 79.9 cm³/mol. The van der Waals surface area contributed by atoms with Crippen LogP contribution in [0.3, 0.4) is 0 Å². The second-order valence-corrected chi connectivity index (χ2v) is 4.28. The number of likely N-dealkylation sites (N-methyl/N-ethyl adjacent to an activating group) is 1. The highest BCUT2D eigenvalue weighted by Crippen LogP contribution is 2.38. The summed E-state index contributed by atoms with van der Waals surface area (Å²) in [4.78, 5) is 13.2. The van der Waals surface area contributed by atoms with Crippen molar-refractivity contribution >= 4 is 12.0 Å². The summed E-state index contributed by atoms with van der Waals surface area (Å²) < 4.78 is 15.7. The summed E-state index contributed by atoms with van der Waals surface area (Å²) in [6, 6.07) is 3.49. The first-order valence-corrected chi connectivity index (χ1v) is 6.41. The van der Waals surface area contributed by atoms with Crippen LogP contribution in [0.5, 0.6) is 17.2 Å². The minimum absolute atomic E-state index is 0.0692. The van der Waals surface area contributed by atoms with Crippen LogP contribution in [0.25, 0.3) is 6.08 Å². The Hall–Kier alpha value is -2.21. The lowest BCUT2D eigenvalue weighted by molar-refractivity contribution is -0.125. The molecule has 0 saturated heterocycles. The summed E-state index contributed by atoms with van der Waals surface area (Å²) in [6.07, 6.45) is 3.08. The van der Waals surface area contributed by atoms with E-state index >= 15 is 0 Å². The zero-order valence-corrected chi connectivity index (χ0v) is 12.8. The number of nitrogens with zero attached hydrogens (tertiary/aromatic N) is 1. The lowest BCUT2D eigenvalue weighted by atomic mass is 10.1. The maximum atomic E-state index is 11.8. The highest BCUT2D eigenvalue weighted by Gasteiger charge is 2.12. The molecular weight excluding hydrogens is 274 g/mol. The van der Waals surface area contributed by atoms with Crippen LogP contribution < -0.4 is 14.2 Å². The van der Waals surface area contributed by atoms with Crippen molar-refractivity contribution in [3.63, 3.8) is 0 Å². The molecular formula is C15H21NO5. The van der Waals surface area contributed by atoms with Gasteiger partial charge in [-0.05, 0) is 23.8 Å². The highest BCUT2D eigenvalue weighted by atomic mass is 16.5. The van der Waals surface area contributed by atoms with E-state index in [1.807, 2.05) is 0 Å². The fraction of sp³-hybridized carbons (Fsp3) is 0.400. The van der Waals surface area contributed by atoms with E-state index in [1.54, 1.807) is 25.3 Å². The van der Waals surface area contributed by atoms with Gasteiger partial charge >= 0.3 is 0 Å². The summed E-state index contributed by atoms with van der Waals surface area (Å²) >= 11 is 0. The number of ether oxygens (including phenoxy) is 3. The van der Waals surface area contributed by atoms with E-state index < -0.39 is 0 Å². The van der Waals surface area contributed by atoms with Gasteiger partial charge in [-0.3, -0.25) is 4.79 Å². The quantitative estimate of drug-likeness (QED) is 0.765. The number of rotatable bonds is 7. The molecule has 0 unspecified atom stereocenters. The normalized spacial score (nSPS) is 10.5. The molecule has 1 aromatic rings. The number of hydrogen-bond acceptors (Lipinski definition) is 5. The fourth-order valence-electron chi connectivity index (χ4n) is 1.75. The first-order chi connectivity index (χ1) is 10.1. The van der Waals surface area contributed by atoms with E-state index in [4.69, 9.17) is 19.3 Å². The van der Waals surface area contributed by atoms with Gasteiger partial charge in [0.05, 0.1) is 27.9 Å². The van der Waals surface area contributed by atoms with Gasteiger partial charge in [0, 0.05) is 19.7 Å². The van der Waals surface area contributed by atoms with Crippen LogP contribution in [0.4, 0.5) is 0 Å². The first kappa shape index (κ1) is 16.8. The zero-order chi connectivity index (χ0) is 15.8. The Kier molecular flexibility index (Phi) is 6.55. The number of benzene rings is 1. The number of methoxy groups -OCH3 is 3. The molecule has 0 aromatic heterocycles. The van der Waals surface area contributed by atoms with E-state index in [0.717, 1.165) is 5.56 Å². The Bertz CT molecular complexity index is 488. The van der Waals surface area contributed by atoms with Crippen LogP contribution in [-0.4, -0.2) is 57.4 Å². The van der Waals surface area contributed by atoms with Crippen molar-refractivity contribution in [3.8, 4) is 17.2 Å². The molecule has 6 heteroatoms. The van der Waals surface area contributed by atoms with Gasteiger partial charge in [-0.2, -0.15) is 0 Å². The lowest BCUT2D eigenvalue weighted by Crippen LogP contribution is -2.27. The van der Waals surface area contributed by atoms with Gasteiger partial charge in [-0.1, -0.05) is 0 Å². The molecule has 6 nitrogen and oxygen atoms in total. The monoisotopic (exact) mass is 295 g/mol.